The van der Waals surface area contributed by atoms with Crippen LogP contribution in [0.1, 0.15) is 15.9 Å². The second-order valence-corrected chi connectivity index (χ2v) is 7.67. The van der Waals surface area contributed by atoms with Gasteiger partial charge in [0.05, 0.1) is 0 Å². The molecule has 0 radical (unpaired) electrons. The molecule has 3 heteroatoms. The number of rotatable bonds is 0. The first-order valence-corrected chi connectivity index (χ1v) is 8.54. The number of benzene rings is 1. The zero-order chi connectivity index (χ0) is 7.84. The van der Waals surface area contributed by atoms with Gasteiger partial charge in [-0.1, -0.05) is 0 Å². The van der Waals surface area contributed by atoms with E-state index in [1.807, 2.05) is 25.1 Å². The predicted molar refractivity (Wildman–Crippen MR) is 36.2 cm³/mol. The molecule has 2 nitrogen and oxygen atoms in total. The normalized spacial score (nSPS) is 13.0. The summed E-state index contributed by atoms with van der Waals surface area (Å²) in [5.41, 5.74) is 2.06. The van der Waals surface area contributed by atoms with Crippen molar-refractivity contribution in [3.63, 3.8) is 0 Å². The maximum absolute atomic E-state index is 11.1. The molecule has 0 spiro atoms. The zero-order valence-corrected chi connectivity index (χ0v) is 11.8. The van der Waals surface area contributed by atoms with Crippen molar-refractivity contribution in [2.45, 2.75) is 6.92 Å². The first-order valence-electron chi connectivity index (χ1n) is 3.54. The molecular weight excluding hydrogens is 329 g/mol. The van der Waals surface area contributed by atoms with Gasteiger partial charge in [-0.05, 0) is 0 Å². The Bertz CT molecular complexity index is 320. The monoisotopic (exact) mass is 336 g/mol. The summed E-state index contributed by atoms with van der Waals surface area (Å²) in [7, 11) is 0. The Morgan fingerprint density at radius 2 is 2.27 bits per heavy atom. The summed E-state index contributed by atoms with van der Waals surface area (Å²) in [6.07, 6.45) is 0. The van der Waals surface area contributed by atoms with Gasteiger partial charge in [-0.25, -0.2) is 0 Å². The van der Waals surface area contributed by atoms with Crippen molar-refractivity contribution in [1.82, 2.24) is 0 Å². The fourth-order valence-electron chi connectivity index (χ4n) is 1.30. The quantitative estimate of drug-likeness (QED) is 0.656. The van der Waals surface area contributed by atoms with Crippen LogP contribution in [0.4, 0.5) is 0 Å². The Balaban J connectivity index is 2.66. The number of aryl methyl sites for hydroxylation is 1. The summed E-state index contributed by atoms with van der Waals surface area (Å²) in [6.45, 7) is 2.04. The van der Waals surface area contributed by atoms with E-state index in [-0.39, 0.29) is 5.97 Å². The van der Waals surface area contributed by atoms with E-state index in [0.717, 1.165) is 5.56 Å². The van der Waals surface area contributed by atoms with Gasteiger partial charge >= 0.3 is 77.8 Å². The molecule has 0 aliphatic carbocycles. The third kappa shape index (κ3) is 1.09. The number of hydrogen-bond acceptors (Lipinski definition) is 2. The summed E-state index contributed by atoms with van der Waals surface area (Å²) < 4.78 is 6.35. The van der Waals surface area contributed by atoms with Crippen molar-refractivity contribution in [3.05, 3.63) is 29.3 Å². The molecule has 0 saturated carbocycles. The average Bonchev–Trinajstić information content (AvgIpc) is 2.35. The van der Waals surface area contributed by atoms with Gasteiger partial charge in [-0.15, -0.1) is 0 Å². The van der Waals surface area contributed by atoms with Crippen LogP contribution in [0.5, 0.6) is 0 Å². The van der Waals surface area contributed by atoms with Crippen LogP contribution in [0.3, 0.4) is 0 Å². The summed E-state index contributed by atoms with van der Waals surface area (Å²) in [4.78, 5) is 11.1. The Morgan fingerprint density at radius 3 is 3.00 bits per heavy atom. The van der Waals surface area contributed by atoms with E-state index in [9.17, 15) is 4.79 Å². The topological polar surface area (TPSA) is 26.3 Å². The van der Waals surface area contributed by atoms with Gasteiger partial charge in [0.15, 0.2) is 0 Å². The van der Waals surface area contributed by atoms with E-state index in [4.69, 9.17) is 2.64 Å². The van der Waals surface area contributed by atoms with Crippen molar-refractivity contribution in [2.75, 3.05) is 0 Å². The van der Waals surface area contributed by atoms with Crippen LogP contribution in [0.25, 0.3) is 0 Å². The van der Waals surface area contributed by atoms with Gasteiger partial charge in [0, 0.05) is 0 Å². The van der Waals surface area contributed by atoms with Crippen LogP contribution in [0.15, 0.2) is 18.2 Å². The first-order chi connectivity index (χ1) is 5.29. The Morgan fingerprint density at radius 1 is 1.45 bits per heavy atom. The van der Waals surface area contributed by atoms with E-state index < -0.39 is 25.0 Å². The Kier molecular flexibility index (Phi) is 1.72. The Hall–Kier alpha value is -0.375. The van der Waals surface area contributed by atoms with Crippen molar-refractivity contribution in [2.24, 2.45) is 0 Å². The molecule has 52 valence electrons. The standard InChI is InChI=1S/C8H7O2.Hg/c1-6-3-2-4-7(5-6)8(9)10;/h2-4H,1H3,(H,9,10);/q;+1/p-1. The van der Waals surface area contributed by atoms with Gasteiger partial charge < -0.3 is 0 Å². The molecule has 0 atom stereocenters. The van der Waals surface area contributed by atoms with Crippen LogP contribution >= 0.6 is 0 Å². The zero-order valence-electron chi connectivity index (χ0n) is 6.26. The first kappa shape index (κ1) is 7.28. The molecule has 1 aromatic rings. The van der Waals surface area contributed by atoms with Crippen LogP contribution in [0.2, 0.25) is 0 Å². The van der Waals surface area contributed by atoms with Crippen molar-refractivity contribution < 1.29 is 32.5 Å². The number of carbonyl (C=O) groups is 1. The molecule has 0 saturated heterocycles. The van der Waals surface area contributed by atoms with Gasteiger partial charge in [0.1, 0.15) is 0 Å². The van der Waals surface area contributed by atoms with Gasteiger partial charge in [0.2, 0.25) is 0 Å². The maximum atomic E-state index is 11.1. The molecule has 0 amide bonds. The molecule has 1 aliphatic heterocycles. The van der Waals surface area contributed by atoms with E-state index in [1.54, 1.807) is 0 Å². The molecular formula is C8H6HgO2. The van der Waals surface area contributed by atoms with Crippen molar-refractivity contribution in [3.8, 4) is 0 Å². The number of carbonyl (C=O) groups excluding carboxylic acids is 1. The van der Waals surface area contributed by atoms with Crippen molar-refractivity contribution in [1.29, 1.82) is 0 Å². The van der Waals surface area contributed by atoms with Crippen LogP contribution < -0.4 is 3.07 Å². The Labute approximate surface area is 77.7 Å². The molecule has 0 N–H and O–H groups in total. The second-order valence-electron chi connectivity index (χ2n) is 2.68. The molecule has 11 heavy (non-hydrogen) atoms. The fraction of sp³-hybridized carbons (Fsp3) is 0.125. The summed E-state index contributed by atoms with van der Waals surface area (Å²) in [5.74, 6) is -0.0923. The third-order valence-electron chi connectivity index (χ3n) is 1.98. The molecule has 1 heterocycles. The number of hydrogen-bond donors (Lipinski definition) is 0. The average molecular weight is 335 g/mol. The molecule has 1 aromatic carbocycles. The van der Waals surface area contributed by atoms with Crippen LogP contribution in [-0.4, -0.2) is 5.97 Å². The predicted octanol–water partition coefficient (Wildman–Crippen LogP) is 0.788. The minimum absolute atomic E-state index is 0.0923. The molecule has 1 aliphatic rings. The SMILES string of the molecule is Cc1cccc2[c]1[Hg][O]C2=O. The summed E-state index contributed by atoms with van der Waals surface area (Å²) in [6, 6.07) is 5.81. The van der Waals surface area contributed by atoms with E-state index in [0.29, 0.717) is 0 Å². The third-order valence-corrected chi connectivity index (χ3v) is 8.33. The number of fused-ring (bicyclic) bond motifs is 1. The van der Waals surface area contributed by atoms with E-state index in [2.05, 4.69) is 0 Å². The van der Waals surface area contributed by atoms with Crippen molar-refractivity contribution >= 4 is 9.04 Å². The summed E-state index contributed by atoms with van der Waals surface area (Å²) in [5, 5.41) is 0. The van der Waals surface area contributed by atoms with Crippen LogP contribution in [0, 0.1) is 6.92 Å². The van der Waals surface area contributed by atoms with E-state index in [1.165, 1.54) is 8.64 Å². The molecule has 0 fully saturated rings. The summed E-state index contributed by atoms with van der Waals surface area (Å²) >= 11 is -1.44. The molecule has 0 aromatic heterocycles. The molecule has 0 bridgehead atoms. The van der Waals surface area contributed by atoms with E-state index >= 15 is 0 Å². The minimum atomic E-state index is -1.44. The van der Waals surface area contributed by atoms with Crippen LogP contribution in [-0.2, 0) is 27.7 Å². The van der Waals surface area contributed by atoms with Gasteiger partial charge in [0.25, 0.3) is 0 Å². The molecule has 0 unspecified atom stereocenters. The molecule has 2 rings (SSSR count). The second kappa shape index (κ2) is 2.59. The van der Waals surface area contributed by atoms with Gasteiger partial charge in [-0.2, -0.15) is 0 Å². The fourth-order valence-corrected chi connectivity index (χ4v) is 5.94. The van der Waals surface area contributed by atoms with Gasteiger partial charge in [-0.3, -0.25) is 0 Å².